The Balaban J connectivity index is 1.49. The number of nitrogens with zero attached hydrogens (tertiary/aromatic N) is 3. The number of aromatic nitrogens is 1. The van der Waals surface area contributed by atoms with Gasteiger partial charge >= 0.3 is 0 Å². The second kappa shape index (κ2) is 9.68. The van der Waals surface area contributed by atoms with Gasteiger partial charge in [0.05, 0.1) is 18.1 Å². The summed E-state index contributed by atoms with van der Waals surface area (Å²) in [5.41, 5.74) is 0.366. The average molecular weight is 512 g/mol. The van der Waals surface area contributed by atoms with Crippen LogP contribution >= 0.6 is 0 Å². The standard InChI is InChI=1S/C27H24F3N3O4/c1-16-7-8-18(23(29)22(16)28)25(30)33-15-17(2)21(19-5-3-13-36-19)24(33)27(35)32-11-9-31(10-12-32)26(34)20-6-4-14-37-20/h3-8,13-15,25H,9-12H2,1-2H3. The SMILES string of the molecule is Cc1ccc(C(F)n2cc(C)c(-c3ccco3)c2C(=O)N2CCN(C(=O)c3ccco3)CC2)c(F)c1F. The predicted octanol–water partition coefficient (Wildman–Crippen LogP) is 5.35. The molecule has 10 heteroatoms. The Morgan fingerprint density at radius 3 is 2.11 bits per heavy atom. The molecule has 0 bridgehead atoms. The van der Waals surface area contributed by atoms with Crippen molar-refractivity contribution in [2.24, 2.45) is 0 Å². The maximum absolute atomic E-state index is 15.9. The molecule has 37 heavy (non-hydrogen) atoms. The van der Waals surface area contributed by atoms with E-state index in [1.54, 1.807) is 36.1 Å². The summed E-state index contributed by atoms with van der Waals surface area (Å²) in [5, 5.41) is 0. The van der Waals surface area contributed by atoms with Gasteiger partial charge in [-0.1, -0.05) is 12.1 Å². The van der Waals surface area contributed by atoms with Crippen molar-refractivity contribution in [2.45, 2.75) is 20.1 Å². The number of hydrogen-bond acceptors (Lipinski definition) is 4. The first-order chi connectivity index (χ1) is 17.8. The van der Waals surface area contributed by atoms with Crippen LogP contribution in [0.25, 0.3) is 11.3 Å². The summed E-state index contributed by atoms with van der Waals surface area (Å²) in [4.78, 5) is 29.5. The second-order valence-electron chi connectivity index (χ2n) is 8.92. The summed E-state index contributed by atoms with van der Waals surface area (Å²) in [6, 6.07) is 8.94. The van der Waals surface area contributed by atoms with Gasteiger partial charge < -0.3 is 23.2 Å². The molecule has 1 aromatic carbocycles. The van der Waals surface area contributed by atoms with E-state index < -0.39 is 29.4 Å². The van der Waals surface area contributed by atoms with E-state index in [4.69, 9.17) is 8.83 Å². The molecule has 192 valence electrons. The maximum atomic E-state index is 15.9. The van der Waals surface area contributed by atoms with Gasteiger partial charge in [-0.2, -0.15) is 0 Å². The Hall–Kier alpha value is -4.21. The predicted molar refractivity (Wildman–Crippen MR) is 128 cm³/mol. The van der Waals surface area contributed by atoms with Gasteiger partial charge in [0.25, 0.3) is 11.8 Å². The lowest BCUT2D eigenvalue weighted by atomic mass is 10.1. The smallest absolute Gasteiger partial charge is 0.289 e. The van der Waals surface area contributed by atoms with E-state index >= 15 is 4.39 Å². The van der Waals surface area contributed by atoms with Crippen molar-refractivity contribution in [3.63, 3.8) is 0 Å². The van der Waals surface area contributed by atoms with E-state index in [1.807, 2.05) is 0 Å². The van der Waals surface area contributed by atoms with Crippen molar-refractivity contribution < 1.29 is 31.6 Å². The molecule has 0 N–H and O–H groups in total. The minimum Gasteiger partial charge on any atom is -0.464 e. The molecule has 1 aliphatic heterocycles. The van der Waals surface area contributed by atoms with Crippen LogP contribution in [0.2, 0.25) is 0 Å². The highest BCUT2D eigenvalue weighted by Crippen LogP contribution is 2.36. The molecule has 0 spiro atoms. The zero-order valence-corrected chi connectivity index (χ0v) is 20.2. The molecule has 1 unspecified atom stereocenters. The van der Waals surface area contributed by atoms with E-state index in [-0.39, 0.29) is 49.1 Å². The maximum Gasteiger partial charge on any atom is 0.289 e. The monoisotopic (exact) mass is 511 g/mol. The van der Waals surface area contributed by atoms with E-state index in [9.17, 15) is 18.4 Å². The number of halogens is 3. The molecule has 4 aromatic rings. The fourth-order valence-electron chi connectivity index (χ4n) is 4.59. The summed E-state index contributed by atoms with van der Waals surface area (Å²) < 4.78 is 56.6. The average Bonchev–Trinajstić information content (AvgIpc) is 3.68. The van der Waals surface area contributed by atoms with E-state index in [0.717, 1.165) is 4.57 Å². The van der Waals surface area contributed by atoms with Crippen LogP contribution in [-0.4, -0.2) is 52.4 Å². The first kappa shape index (κ1) is 24.5. The van der Waals surface area contributed by atoms with Gasteiger partial charge in [-0.25, -0.2) is 13.2 Å². The Morgan fingerprint density at radius 2 is 1.49 bits per heavy atom. The Morgan fingerprint density at radius 1 is 0.838 bits per heavy atom. The third-order valence-electron chi connectivity index (χ3n) is 6.58. The lowest BCUT2D eigenvalue weighted by molar-refractivity contribution is 0.0510. The van der Waals surface area contributed by atoms with Crippen LogP contribution in [0.4, 0.5) is 13.2 Å². The third-order valence-corrected chi connectivity index (χ3v) is 6.58. The van der Waals surface area contributed by atoms with Gasteiger partial charge in [0.15, 0.2) is 17.4 Å². The fraction of sp³-hybridized carbons (Fsp3) is 0.259. The van der Waals surface area contributed by atoms with Gasteiger partial charge in [-0.05, 0) is 49.2 Å². The fourth-order valence-corrected chi connectivity index (χ4v) is 4.59. The highest BCUT2D eigenvalue weighted by atomic mass is 19.2. The molecule has 7 nitrogen and oxygen atoms in total. The minimum atomic E-state index is -2.17. The number of furan rings is 2. The Bertz CT molecular complexity index is 1440. The quantitative estimate of drug-likeness (QED) is 0.362. The molecule has 0 aliphatic carbocycles. The molecular formula is C27H24F3N3O4. The molecule has 2 amide bonds. The van der Waals surface area contributed by atoms with Crippen molar-refractivity contribution in [1.29, 1.82) is 0 Å². The number of benzene rings is 1. The summed E-state index contributed by atoms with van der Waals surface area (Å²) in [7, 11) is 0. The number of piperazine rings is 1. The molecule has 1 aliphatic rings. The van der Waals surface area contributed by atoms with Crippen molar-refractivity contribution in [3.8, 4) is 11.3 Å². The topological polar surface area (TPSA) is 71.8 Å². The summed E-state index contributed by atoms with van der Waals surface area (Å²) in [5.74, 6) is -2.69. The van der Waals surface area contributed by atoms with Gasteiger partial charge in [0, 0.05) is 37.9 Å². The van der Waals surface area contributed by atoms with Gasteiger partial charge in [-0.15, -0.1) is 0 Å². The molecule has 4 heterocycles. The number of rotatable bonds is 5. The largest absolute Gasteiger partial charge is 0.464 e. The first-order valence-corrected chi connectivity index (χ1v) is 11.7. The zero-order chi connectivity index (χ0) is 26.3. The highest BCUT2D eigenvalue weighted by molar-refractivity contribution is 6.00. The highest BCUT2D eigenvalue weighted by Gasteiger charge is 2.34. The number of aryl methyl sites for hydroxylation is 2. The number of hydrogen-bond donors (Lipinski definition) is 0. The van der Waals surface area contributed by atoms with E-state index in [1.165, 1.54) is 42.7 Å². The number of carbonyl (C=O) groups is 2. The summed E-state index contributed by atoms with van der Waals surface area (Å²) in [6.45, 7) is 3.95. The van der Waals surface area contributed by atoms with E-state index in [2.05, 4.69) is 0 Å². The molecular weight excluding hydrogens is 487 g/mol. The summed E-state index contributed by atoms with van der Waals surface area (Å²) in [6.07, 6.45) is 2.07. The van der Waals surface area contributed by atoms with Gasteiger partial charge in [0.1, 0.15) is 11.5 Å². The lowest BCUT2D eigenvalue weighted by Crippen LogP contribution is -2.51. The Labute approximate surface area is 210 Å². The molecule has 1 saturated heterocycles. The molecule has 0 saturated carbocycles. The number of alkyl halides is 1. The van der Waals surface area contributed by atoms with Gasteiger partial charge in [-0.3, -0.25) is 9.59 Å². The van der Waals surface area contributed by atoms with Crippen LogP contribution in [0.5, 0.6) is 0 Å². The molecule has 3 aromatic heterocycles. The zero-order valence-electron chi connectivity index (χ0n) is 20.2. The van der Waals surface area contributed by atoms with Gasteiger partial charge in [0.2, 0.25) is 6.30 Å². The van der Waals surface area contributed by atoms with Crippen LogP contribution < -0.4 is 0 Å². The van der Waals surface area contributed by atoms with Crippen LogP contribution in [0, 0.1) is 25.5 Å². The van der Waals surface area contributed by atoms with E-state index in [0.29, 0.717) is 16.9 Å². The number of carbonyl (C=O) groups excluding carboxylic acids is 2. The van der Waals surface area contributed by atoms with Crippen molar-refractivity contribution in [3.05, 3.63) is 94.9 Å². The second-order valence-corrected chi connectivity index (χ2v) is 8.92. The molecule has 5 rings (SSSR count). The summed E-state index contributed by atoms with van der Waals surface area (Å²) >= 11 is 0. The Kier molecular flexibility index (Phi) is 6.41. The normalized spacial score (nSPS) is 14.7. The lowest BCUT2D eigenvalue weighted by Gasteiger charge is -2.34. The third kappa shape index (κ3) is 4.32. The first-order valence-electron chi connectivity index (χ1n) is 11.7. The van der Waals surface area contributed by atoms with Crippen molar-refractivity contribution in [1.82, 2.24) is 14.4 Å². The molecule has 1 atom stereocenters. The van der Waals surface area contributed by atoms with Crippen LogP contribution in [-0.2, 0) is 0 Å². The van der Waals surface area contributed by atoms with Crippen LogP contribution in [0.3, 0.4) is 0 Å². The van der Waals surface area contributed by atoms with Crippen molar-refractivity contribution >= 4 is 11.8 Å². The van der Waals surface area contributed by atoms with Crippen LogP contribution in [0.15, 0.2) is 64.0 Å². The number of amides is 2. The minimum absolute atomic E-state index is 0.0478. The molecule has 1 fully saturated rings. The van der Waals surface area contributed by atoms with Crippen LogP contribution in [0.1, 0.15) is 44.0 Å². The van der Waals surface area contributed by atoms with Crippen molar-refractivity contribution in [2.75, 3.05) is 26.2 Å². The molecule has 0 radical (unpaired) electrons.